The molecule has 78 valence electrons. The van der Waals surface area contributed by atoms with Crippen LogP contribution in [-0.2, 0) is 6.61 Å². The number of benzene rings is 1. The molecule has 0 unspecified atom stereocenters. The van der Waals surface area contributed by atoms with Crippen molar-refractivity contribution in [3.05, 3.63) is 29.7 Å². The molecule has 2 rings (SSSR count). The summed E-state index contributed by atoms with van der Waals surface area (Å²) in [4.78, 5) is 11.1. The largest absolute Gasteiger partial charge is 0.392 e. The Balaban J connectivity index is 2.74. The fraction of sp³-hybridized carbons (Fsp3) is 0.200. The van der Waals surface area contributed by atoms with E-state index in [0.717, 1.165) is 0 Å². The van der Waals surface area contributed by atoms with Gasteiger partial charge >= 0.3 is 0 Å². The molecule has 0 amide bonds. The first-order valence-corrected chi connectivity index (χ1v) is 4.41. The number of aliphatic hydroxyl groups is 1. The summed E-state index contributed by atoms with van der Waals surface area (Å²) in [5.74, 6) is -0.742. The summed E-state index contributed by atoms with van der Waals surface area (Å²) in [6.07, 6.45) is 1.42. The number of hydrogen-bond acceptors (Lipinski definition) is 3. The fourth-order valence-electron chi connectivity index (χ4n) is 1.46. The van der Waals surface area contributed by atoms with Crippen LogP contribution in [0.1, 0.15) is 17.3 Å². The SMILES string of the molecule is CC(=O)n1ncc2cc(F)c(CO)cc21. The van der Waals surface area contributed by atoms with Crippen LogP contribution in [0.15, 0.2) is 18.3 Å². The van der Waals surface area contributed by atoms with Gasteiger partial charge in [-0.05, 0) is 12.1 Å². The highest BCUT2D eigenvalue weighted by molar-refractivity contribution is 5.90. The van der Waals surface area contributed by atoms with Crippen molar-refractivity contribution in [2.24, 2.45) is 0 Å². The molecule has 0 aliphatic heterocycles. The minimum absolute atomic E-state index is 0.158. The number of fused-ring (bicyclic) bond motifs is 1. The van der Waals surface area contributed by atoms with Gasteiger partial charge in [-0.25, -0.2) is 9.07 Å². The summed E-state index contributed by atoms with van der Waals surface area (Å²) in [5.41, 5.74) is 0.665. The molecule has 0 radical (unpaired) electrons. The van der Waals surface area contributed by atoms with Crippen LogP contribution in [-0.4, -0.2) is 20.8 Å². The van der Waals surface area contributed by atoms with Crippen molar-refractivity contribution in [2.75, 3.05) is 0 Å². The first-order valence-electron chi connectivity index (χ1n) is 4.41. The van der Waals surface area contributed by atoms with Gasteiger partial charge in [-0.3, -0.25) is 4.79 Å². The number of nitrogens with zero attached hydrogens (tertiary/aromatic N) is 2. The first-order chi connectivity index (χ1) is 7.13. The van der Waals surface area contributed by atoms with Gasteiger partial charge in [-0.1, -0.05) is 0 Å². The van der Waals surface area contributed by atoms with E-state index in [1.807, 2.05) is 0 Å². The standard InChI is InChI=1S/C10H9FN2O2/c1-6(15)13-10-3-8(5-14)9(11)2-7(10)4-12-13/h2-4,14H,5H2,1H3. The predicted octanol–water partition coefficient (Wildman–Crippen LogP) is 1.33. The van der Waals surface area contributed by atoms with Crippen LogP contribution in [0.25, 0.3) is 10.9 Å². The van der Waals surface area contributed by atoms with E-state index in [1.165, 1.54) is 29.9 Å². The highest BCUT2D eigenvalue weighted by Crippen LogP contribution is 2.19. The maximum absolute atomic E-state index is 13.2. The highest BCUT2D eigenvalue weighted by Gasteiger charge is 2.10. The van der Waals surface area contributed by atoms with E-state index in [0.29, 0.717) is 10.9 Å². The zero-order valence-corrected chi connectivity index (χ0v) is 8.07. The lowest BCUT2D eigenvalue weighted by Gasteiger charge is -2.01. The van der Waals surface area contributed by atoms with Gasteiger partial charge in [-0.2, -0.15) is 5.10 Å². The van der Waals surface area contributed by atoms with Crippen molar-refractivity contribution >= 4 is 16.8 Å². The van der Waals surface area contributed by atoms with Gasteiger partial charge in [0.2, 0.25) is 5.91 Å². The molecule has 1 N–H and O–H groups in total. The maximum atomic E-state index is 13.2. The summed E-state index contributed by atoms with van der Waals surface area (Å²) < 4.78 is 14.4. The lowest BCUT2D eigenvalue weighted by atomic mass is 10.1. The zero-order chi connectivity index (χ0) is 11.0. The Labute approximate surface area is 84.9 Å². The molecule has 0 saturated heterocycles. The second-order valence-corrected chi connectivity index (χ2v) is 3.24. The molecule has 1 heterocycles. The number of aromatic nitrogens is 2. The predicted molar refractivity (Wildman–Crippen MR) is 51.9 cm³/mol. The van der Waals surface area contributed by atoms with Crippen LogP contribution in [0.4, 0.5) is 4.39 Å². The number of carbonyl (C=O) groups is 1. The lowest BCUT2D eigenvalue weighted by molar-refractivity contribution is 0.0926. The normalized spacial score (nSPS) is 10.9. The summed E-state index contributed by atoms with van der Waals surface area (Å²) in [6.45, 7) is 0.972. The van der Waals surface area contributed by atoms with Crippen LogP contribution in [0.2, 0.25) is 0 Å². The average molecular weight is 208 g/mol. The van der Waals surface area contributed by atoms with Gasteiger partial charge in [0.25, 0.3) is 0 Å². The van der Waals surface area contributed by atoms with Crippen LogP contribution in [0.3, 0.4) is 0 Å². The van der Waals surface area contributed by atoms with Crippen LogP contribution in [0, 0.1) is 5.82 Å². The Morgan fingerprint density at radius 2 is 2.33 bits per heavy atom. The summed E-state index contributed by atoms with van der Waals surface area (Å²) in [6, 6.07) is 2.69. The molecular weight excluding hydrogens is 199 g/mol. The highest BCUT2D eigenvalue weighted by atomic mass is 19.1. The van der Waals surface area contributed by atoms with Crippen molar-refractivity contribution < 1.29 is 14.3 Å². The van der Waals surface area contributed by atoms with E-state index in [-0.39, 0.29) is 11.5 Å². The molecule has 0 fully saturated rings. The van der Waals surface area contributed by atoms with Gasteiger partial charge in [0.05, 0.1) is 18.3 Å². The monoisotopic (exact) mass is 208 g/mol. The maximum Gasteiger partial charge on any atom is 0.244 e. The van der Waals surface area contributed by atoms with E-state index >= 15 is 0 Å². The summed E-state index contributed by atoms with van der Waals surface area (Å²) in [7, 11) is 0. The Morgan fingerprint density at radius 1 is 1.60 bits per heavy atom. The van der Waals surface area contributed by atoms with E-state index in [2.05, 4.69) is 5.10 Å². The number of carbonyl (C=O) groups excluding carboxylic acids is 1. The second-order valence-electron chi connectivity index (χ2n) is 3.24. The van der Waals surface area contributed by atoms with E-state index in [9.17, 15) is 9.18 Å². The minimum atomic E-state index is -0.492. The molecule has 0 spiro atoms. The van der Waals surface area contributed by atoms with Gasteiger partial charge < -0.3 is 5.11 Å². The van der Waals surface area contributed by atoms with Gasteiger partial charge in [0.15, 0.2) is 0 Å². The molecule has 4 nitrogen and oxygen atoms in total. The Bertz CT molecular complexity index is 533. The van der Waals surface area contributed by atoms with E-state index in [1.54, 1.807) is 0 Å². The van der Waals surface area contributed by atoms with Crippen molar-refractivity contribution in [3.63, 3.8) is 0 Å². The molecule has 0 aliphatic rings. The van der Waals surface area contributed by atoms with Gasteiger partial charge in [0, 0.05) is 17.9 Å². The summed E-state index contributed by atoms with van der Waals surface area (Å²) in [5, 5.41) is 13.3. The molecule has 2 aromatic rings. The third kappa shape index (κ3) is 1.50. The second kappa shape index (κ2) is 3.43. The van der Waals surface area contributed by atoms with Crippen molar-refractivity contribution in [1.29, 1.82) is 0 Å². The molecule has 0 saturated carbocycles. The average Bonchev–Trinajstić information content (AvgIpc) is 2.59. The Hall–Kier alpha value is -1.75. The van der Waals surface area contributed by atoms with Crippen LogP contribution < -0.4 is 0 Å². The van der Waals surface area contributed by atoms with Crippen molar-refractivity contribution in [1.82, 2.24) is 9.78 Å². The third-order valence-electron chi connectivity index (χ3n) is 2.20. The minimum Gasteiger partial charge on any atom is -0.392 e. The van der Waals surface area contributed by atoms with Crippen molar-refractivity contribution in [2.45, 2.75) is 13.5 Å². The number of hydrogen-bond donors (Lipinski definition) is 1. The summed E-state index contributed by atoms with van der Waals surface area (Å²) >= 11 is 0. The Kier molecular flexibility index (Phi) is 2.24. The van der Waals surface area contributed by atoms with E-state index < -0.39 is 12.4 Å². The van der Waals surface area contributed by atoms with Crippen LogP contribution in [0.5, 0.6) is 0 Å². The van der Waals surface area contributed by atoms with Gasteiger partial charge in [0.1, 0.15) is 5.82 Å². The van der Waals surface area contributed by atoms with Crippen molar-refractivity contribution in [3.8, 4) is 0 Å². The first kappa shape index (κ1) is 9.79. The topological polar surface area (TPSA) is 55.1 Å². The smallest absolute Gasteiger partial charge is 0.244 e. The molecule has 0 atom stereocenters. The molecule has 15 heavy (non-hydrogen) atoms. The molecular formula is C10H9FN2O2. The van der Waals surface area contributed by atoms with Gasteiger partial charge in [-0.15, -0.1) is 0 Å². The molecule has 0 aliphatic carbocycles. The van der Waals surface area contributed by atoms with Crippen LogP contribution >= 0.6 is 0 Å². The molecule has 1 aromatic heterocycles. The molecule has 5 heteroatoms. The lowest BCUT2D eigenvalue weighted by Crippen LogP contribution is -2.07. The third-order valence-corrected chi connectivity index (χ3v) is 2.20. The fourth-order valence-corrected chi connectivity index (χ4v) is 1.46. The number of halogens is 1. The zero-order valence-electron chi connectivity index (χ0n) is 8.07. The quantitative estimate of drug-likeness (QED) is 0.769. The molecule has 1 aromatic carbocycles. The molecule has 0 bridgehead atoms. The number of aliphatic hydroxyl groups excluding tert-OH is 1. The van der Waals surface area contributed by atoms with E-state index in [4.69, 9.17) is 5.11 Å². The Morgan fingerprint density at radius 3 is 2.93 bits per heavy atom. The number of rotatable bonds is 1.